The summed E-state index contributed by atoms with van der Waals surface area (Å²) >= 11 is 3.34. The Labute approximate surface area is 172 Å². The van der Waals surface area contributed by atoms with Crippen LogP contribution in [0.5, 0.6) is 11.5 Å². The maximum atomic E-state index is 11.8. The number of amides is 1. The summed E-state index contributed by atoms with van der Waals surface area (Å²) in [5.41, 5.74) is 4.40. The van der Waals surface area contributed by atoms with Crippen LogP contribution in [-0.2, 0) is 11.4 Å². The van der Waals surface area contributed by atoms with Crippen molar-refractivity contribution in [2.45, 2.75) is 6.61 Å². The first-order chi connectivity index (χ1) is 13.7. The molecule has 0 atom stereocenters. The van der Waals surface area contributed by atoms with Crippen molar-refractivity contribution in [3.8, 4) is 11.5 Å². The molecule has 0 aliphatic heterocycles. The Hall–Kier alpha value is -3.12. The van der Waals surface area contributed by atoms with Crippen molar-refractivity contribution in [3.05, 3.63) is 94.5 Å². The van der Waals surface area contributed by atoms with Crippen LogP contribution in [0.3, 0.4) is 0 Å². The van der Waals surface area contributed by atoms with E-state index in [0.29, 0.717) is 12.4 Å². The van der Waals surface area contributed by atoms with Gasteiger partial charge in [0.25, 0.3) is 5.91 Å². The highest BCUT2D eigenvalue weighted by Gasteiger charge is 2.01. The molecule has 0 aliphatic carbocycles. The zero-order chi connectivity index (χ0) is 19.6. The van der Waals surface area contributed by atoms with Gasteiger partial charge in [-0.1, -0.05) is 46.3 Å². The average Bonchev–Trinajstić information content (AvgIpc) is 2.73. The average molecular weight is 439 g/mol. The van der Waals surface area contributed by atoms with Gasteiger partial charge in [0, 0.05) is 4.47 Å². The van der Waals surface area contributed by atoms with Gasteiger partial charge >= 0.3 is 0 Å². The summed E-state index contributed by atoms with van der Waals surface area (Å²) in [6, 6.07) is 24.7. The molecule has 0 saturated heterocycles. The second kappa shape index (κ2) is 10.3. The summed E-state index contributed by atoms with van der Waals surface area (Å²) in [6.45, 7) is 0.411. The lowest BCUT2D eigenvalue weighted by Gasteiger charge is -2.06. The van der Waals surface area contributed by atoms with Gasteiger partial charge in [0.15, 0.2) is 6.61 Å². The summed E-state index contributed by atoms with van der Waals surface area (Å²) in [5, 5.41) is 3.94. The van der Waals surface area contributed by atoms with Gasteiger partial charge in [0.2, 0.25) is 0 Å². The third-order valence-corrected chi connectivity index (χ3v) is 4.24. The normalized spacial score (nSPS) is 10.6. The molecule has 28 heavy (non-hydrogen) atoms. The standard InChI is InChI=1S/C22H19BrN2O3/c23-19-8-12-21(13-9-19)28-16-22(26)25-24-14-17-6-10-20(11-7-17)27-15-18-4-2-1-3-5-18/h1-14H,15-16H2,(H,25,26). The Morgan fingerprint density at radius 1 is 0.893 bits per heavy atom. The highest BCUT2D eigenvalue weighted by atomic mass is 79.9. The van der Waals surface area contributed by atoms with E-state index in [1.54, 1.807) is 18.3 Å². The number of carbonyl (C=O) groups excluding carboxylic acids is 1. The van der Waals surface area contributed by atoms with Gasteiger partial charge in [-0.15, -0.1) is 0 Å². The topological polar surface area (TPSA) is 59.9 Å². The van der Waals surface area contributed by atoms with Crippen LogP contribution in [0.15, 0.2) is 88.4 Å². The van der Waals surface area contributed by atoms with Gasteiger partial charge in [-0.25, -0.2) is 5.43 Å². The molecular formula is C22H19BrN2O3. The third kappa shape index (κ3) is 6.55. The smallest absolute Gasteiger partial charge is 0.277 e. The minimum absolute atomic E-state index is 0.106. The molecule has 0 saturated carbocycles. The van der Waals surface area contributed by atoms with Crippen LogP contribution in [-0.4, -0.2) is 18.7 Å². The summed E-state index contributed by atoms with van der Waals surface area (Å²) in [5.74, 6) is 1.06. The molecule has 0 bridgehead atoms. The largest absolute Gasteiger partial charge is 0.489 e. The Bertz CT molecular complexity index is 911. The minimum Gasteiger partial charge on any atom is -0.489 e. The molecule has 3 aromatic rings. The minimum atomic E-state index is -0.331. The fourth-order valence-electron chi connectivity index (χ4n) is 2.28. The van der Waals surface area contributed by atoms with E-state index in [9.17, 15) is 4.79 Å². The predicted octanol–water partition coefficient (Wildman–Crippen LogP) is 4.56. The second-order valence-electron chi connectivity index (χ2n) is 5.88. The zero-order valence-electron chi connectivity index (χ0n) is 15.0. The van der Waals surface area contributed by atoms with E-state index in [0.717, 1.165) is 21.3 Å². The van der Waals surface area contributed by atoms with Gasteiger partial charge < -0.3 is 9.47 Å². The van der Waals surface area contributed by atoms with Gasteiger partial charge in [0.05, 0.1) is 6.21 Å². The Morgan fingerprint density at radius 2 is 1.54 bits per heavy atom. The van der Waals surface area contributed by atoms with Crippen LogP contribution in [0.4, 0.5) is 0 Å². The van der Waals surface area contributed by atoms with Gasteiger partial charge in [-0.05, 0) is 59.7 Å². The van der Waals surface area contributed by atoms with E-state index in [1.165, 1.54) is 0 Å². The van der Waals surface area contributed by atoms with Crippen LogP contribution in [0, 0.1) is 0 Å². The number of ether oxygens (including phenoxy) is 2. The van der Waals surface area contributed by atoms with Crippen LogP contribution >= 0.6 is 15.9 Å². The number of halogens is 1. The summed E-state index contributed by atoms with van der Waals surface area (Å²) in [4.78, 5) is 11.8. The molecule has 1 N–H and O–H groups in total. The number of nitrogens with one attached hydrogen (secondary N) is 1. The molecule has 6 heteroatoms. The zero-order valence-corrected chi connectivity index (χ0v) is 16.6. The van der Waals surface area contributed by atoms with Crippen LogP contribution in [0.25, 0.3) is 0 Å². The van der Waals surface area contributed by atoms with Crippen molar-refractivity contribution in [3.63, 3.8) is 0 Å². The maximum absolute atomic E-state index is 11.8. The lowest BCUT2D eigenvalue weighted by Crippen LogP contribution is -2.24. The quantitative estimate of drug-likeness (QED) is 0.414. The number of rotatable bonds is 8. The lowest BCUT2D eigenvalue weighted by atomic mass is 10.2. The summed E-state index contributed by atoms with van der Waals surface area (Å²) in [7, 11) is 0. The van der Waals surface area contributed by atoms with E-state index < -0.39 is 0 Å². The van der Waals surface area contributed by atoms with Crippen molar-refractivity contribution in [2.75, 3.05) is 6.61 Å². The molecule has 0 aliphatic rings. The number of benzene rings is 3. The summed E-state index contributed by atoms with van der Waals surface area (Å²) < 4.78 is 12.1. The number of hydrogen-bond acceptors (Lipinski definition) is 4. The van der Waals surface area contributed by atoms with Crippen molar-refractivity contribution in [1.29, 1.82) is 0 Å². The van der Waals surface area contributed by atoms with Crippen molar-refractivity contribution < 1.29 is 14.3 Å². The Balaban J connectivity index is 1.41. The van der Waals surface area contributed by atoms with E-state index in [4.69, 9.17) is 9.47 Å². The Morgan fingerprint density at radius 3 is 2.25 bits per heavy atom. The van der Waals surface area contributed by atoms with Crippen molar-refractivity contribution in [1.82, 2.24) is 5.43 Å². The molecule has 0 heterocycles. The molecule has 1 amide bonds. The second-order valence-corrected chi connectivity index (χ2v) is 6.79. The molecule has 0 fully saturated rings. The number of carbonyl (C=O) groups is 1. The lowest BCUT2D eigenvalue weighted by molar-refractivity contribution is -0.123. The van der Waals surface area contributed by atoms with E-state index >= 15 is 0 Å². The van der Waals surface area contributed by atoms with Crippen LogP contribution < -0.4 is 14.9 Å². The fourth-order valence-corrected chi connectivity index (χ4v) is 2.55. The van der Waals surface area contributed by atoms with E-state index in [1.807, 2.05) is 66.7 Å². The molecular weight excluding hydrogens is 420 g/mol. The van der Waals surface area contributed by atoms with E-state index in [2.05, 4.69) is 26.5 Å². The highest BCUT2D eigenvalue weighted by Crippen LogP contribution is 2.16. The number of nitrogens with zero attached hydrogens (tertiary/aromatic N) is 1. The molecule has 0 aromatic heterocycles. The first kappa shape index (κ1) is 19.6. The number of hydrogen-bond donors (Lipinski definition) is 1. The predicted molar refractivity (Wildman–Crippen MR) is 113 cm³/mol. The van der Waals surface area contributed by atoms with Crippen molar-refractivity contribution >= 4 is 28.1 Å². The molecule has 0 spiro atoms. The molecule has 5 nitrogen and oxygen atoms in total. The highest BCUT2D eigenvalue weighted by molar-refractivity contribution is 9.10. The fraction of sp³-hybridized carbons (Fsp3) is 0.0909. The van der Waals surface area contributed by atoms with Crippen LogP contribution in [0.2, 0.25) is 0 Å². The molecule has 3 aromatic carbocycles. The van der Waals surface area contributed by atoms with E-state index in [-0.39, 0.29) is 12.5 Å². The molecule has 142 valence electrons. The number of hydrazone groups is 1. The molecule has 3 rings (SSSR count). The SMILES string of the molecule is O=C(COc1ccc(Br)cc1)NN=Cc1ccc(OCc2ccccc2)cc1. The van der Waals surface area contributed by atoms with Gasteiger partial charge in [0.1, 0.15) is 18.1 Å². The van der Waals surface area contributed by atoms with Gasteiger partial charge in [-0.3, -0.25) is 4.79 Å². The molecule has 0 radical (unpaired) electrons. The first-order valence-electron chi connectivity index (χ1n) is 8.66. The van der Waals surface area contributed by atoms with Gasteiger partial charge in [-0.2, -0.15) is 5.10 Å². The first-order valence-corrected chi connectivity index (χ1v) is 9.45. The van der Waals surface area contributed by atoms with Crippen molar-refractivity contribution in [2.24, 2.45) is 5.10 Å². The van der Waals surface area contributed by atoms with Crippen LogP contribution in [0.1, 0.15) is 11.1 Å². The Kier molecular flexibility index (Phi) is 7.21. The third-order valence-electron chi connectivity index (χ3n) is 3.71. The monoisotopic (exact) mass is 438 g/mol. The maximum Gasteiger partial charge on any atom is 0.277 e. The molecule has 0 unspecified atom stereocenters. The summed E-state index contributed by atoms with van der Waals surface area (Å²) in [6.07, 6.45) is 1.57.